The van der Waals surface area contributed by atoms with Gasteiger partial charge >= 0.3 is 5.97 Å². The fourth-order valence-corrected chi connectivity index (χ4v) is 6.43. The van der Waals surface area contributed by atoms with E-state index in [0.29, 0.717) is 21.5 Å². The molecule has 0 amide bonds. The van der Waals surface area contributed by atoms with Crippen LogP contribution in [0.1, 0.15) is 78.1 Å². The number of halogens is 2. The van der Waals surface area contributed by atoms with Crippen molar-refractivity contribution in [1.29, 1.82) is 0 Å². The fourth-order valence-electron chi connectivity index (χ4n) is 5.89. The number of aryl methyl sites for hydroxylation is 1. The van der Waals surface area contributed by atoms with Gasteiger partial charge in [-0.3, -0.25) is 4.90 Å². The van der Waals surface area contributed by atoms with E-state index in [1.54, 1.807) is 18.2 Å². The van der Waals surface area contributed by atoms with Crippen LogP contribution >= 0.6 is 23.2 Å². The molecule has 4 rings (SSSR count). The van der Waals surface area contributed by atoms with Crippen molar-refractivity contribution in [2.45, 2.75) is 76.7 Å². The molecule has 0 spiro atoms. The Bertz CT molecular complexity index is 1000. The molecule has 1 aliphatic carbocycles. The summed E-state index contributed by atoms with van der Waals surface area (Å²) in [6, 6.07) is 11.0. The zero-order valence-electron chi connectivity index (χ0n) is 20.3. The molecule has 2 aromatic rings. The van der Waals surface area contributed by atoms with Gasteiger partial charge in [-0.25, -0.2) is 4.79 Å². The molecule has 1 saturated heterocycles. The Morgan fingerprint density at radius 3 is 2.40 bits per heavy atom. The van der Waals surface area contributed by atoms with Crippen molar-refractivity contribution >= 4 is 29.2 Å². The van der Waals surface area contributed by atoms with E-state index >= 15 is 0 Å². The summed E-state index contributed by atoms with van der Waals surface area (Å²) < 4.78 is 6.66. The molecule has 2 fully saturated rings. The average Bonchev–Trinajstić information content (AvgIpc) is 2.83. The van der Waals surface area contributed by atoms with Gasteiger partial charge in [-0.2, -0.15) is 0 Å². The minimum Gasteiger partial charge on any atom is -0.478 e. The summed E-state index contributed by atoms with van der Waals surface area (Å²) in [6.45, 7) is 3.59. The van der Waals surface area contributed by atoms with Crippen molar-refractivity contribution in [3.63, 3.8) is 0 Å². The van der Waals surface area contributed by atoms with Gasteiger partial charge in [0.1, 0.15) is 6.10 Å². The number of hydrogen-bond acceptors (Lipinski definition) is 4. The molecule has 0 aromatic heterocycles. The molecule has 1 heterocycles. The molecule has 2 aromatic carbocycles. The number of carbonyl (C=O) groups is 1. The maximum Gasteiger partial charge on any atom is 0.335 e. The minimum atomic E-state index is -0.901. The molecule has 35 heavy (non-hydrogen) atoms. The highest BCUT2D eigenvalue weighted by atomic mass is 35.5. The Kier molecular flexibility index (Phi) is 9.12. The monoisotopic (exact) mass is 519 g/mol. The fraction of sp³-hybridized carbons (Fsp3) is 0.536. The maximum atomic E-state index is 11.4. The van der Waals surface area contributed by atoms with Crippen LogP contribution in [0.5, 0.6) is 0 Å². The number of ether oxygens (including phenoxy) is 1. The second kappa shape index (κ2) is 12.1. The van der Waals surface area contributed by atoms with E-state index in [0.717, 1.165) is 42.6 Å². The van der Waals surface area contributed by atoms with E-state index in [2.05, 4.69) is 4.90 Å². The number of nitrogens with zero attached hydrogens (tertiary/aromatic N) is 1. The third-order valence-corrected chi connectivity index (χ3v) is 8.03. The number of aromatic carboxylic acids is 1. The molecule has 0 bridgehead atoms. The Balaban J connectivity index is 1.59. The molecule has 3 atom stereocenters. The summed E-state index contributed by atoms with van der Waals surface area (Å²) in [7, 11) is 0. The van der Waals surface area contributed by atoms with Crippen LogP contribution < -0.4 is 0 Å². The van der Waals surface area contributed by atoms with Crippen LogP contribution in [0.2, 0.25) is 10.0 Å². The second-order valence-corrected chi connectivity index (χ2v) is 10.9. The zero-order chi connectivity index (χ0) is 24.9. The molecule has 1 aliphatic heterocycles. The Morgan fingerprint density at radius 2 is 1.77 bits per heavy atom. The molecule has 1 saturated carbocycles. The number of piperidine rings is 1. The molecule has 7 heteroatoms. The maximum absolute atomic E-state index is 11.4. The standard InChI is InChI=1S/C28H35Cl2NO4/c1-18-12-20(28(33)34)9-10-21(18)16-31-11-5-8-25(27(31)19-6-3-2-4-7-19)35-26(17-32)22-13-23(29)15-24(30)14-22/h9-10,12-15,19,25-27,32H,2-8,11,16-17H2,1H3,(H,33,34)/t25-,26+,27-/m0/s1. The summed E-state index contributed by atoms with van der Waals surface area (Å²) in [5.74, 6) is -0.364. The first kappa shape index (κ1) is 26.4. The SMILES string of the molecule is Cc1cc(C(=O)O)ccc1CN1CCC[C@H](O[C@H](CO)c2cc(Cl)cc(Cl)c2)[C@@H]1C1CCCCC1. The van der Waals surface area contributed by atoms with Gasteiger partial charge in [-0.05, 0) is 92.1 Å². The minimum absolute atomic E-state index is 0.0136. The van der Waals surface area contributed by atoms with Crippen LogP contribution in [0, 0.1) is 12.8 Å². The van der Waals surface area contributed by atoms with Crippen LogP contribution in [0.15, 0.2) is 36.4 Å². The lowest BCUT2D eigenvalue weighted by molar-refractivity contribution is -0.115. The smallest absolute Gasteiger partial charge is 0.335 e. The average molecular weight is 520 g/mol. The molecular formula is C28H35Cl2NO4. The van der Waals surface area contributed by atoms with Crippen molar-refractivity contribution in [3.8, 4) is 0 Å². The van der Waals surface area contributed by atoms with E-state index in [9.17, 15) is 15.0 Å². The quantitative estimate of drug-likeness (QED) is 0.407. The topological polar surface area (TPSA) is 70.0 Å². The van der Waals surface area contributed by atoms with E-state index in [4.69, 9.17) is 27.9 Å². The van der Waals surface area contributed by atoms with Gasteiger partial charge in [0.25, 0.3) is 0 Å². The first-order valence-corrected chi connectivity index (χ1v) is 13.4. The number of aliphatic hydroxyl groups is 1. The highest BCUT2D eigenvalue weighted by molar-refractivity contribution is 6.34. The summed E-state index contributed by atoms with van der Waals surface area (Å²) >= 11 is 12.5. The summed E-state index contributed by atoms with van der Waals surface area (Å²) in [6.07, 6.45) is 7.58. The van der Waals surface area contributed by atoms with Crippen molar-refractivity contribution in [2.24, 2.45) is 5.92 Å². The molecular weight excluding hydrogens is 485 g/mol. The third-order valence-electron chi connectivity index (χ3n) is 7.59. The van der Waals surface area contributed by atoms with Gasteiger partial charge in [0.2, 0.25) is 0 Å². The number of carboxylic acids is 1. The first-order chi connectivity index (χ1) is 16.9. The molecule has 5 nitrogen and oxygen atoms in total. The van der Waals surface area contributed by atoms with Gasteiger partial charge in [-0.1, -0.05) is 48.5 Å². The lowest BCUT2D eigenvalue weighted by atomic mass is 9.78. The number of aliphatic hydroxyl groups excluding tert-OH is 1. The summed E-state index contributed by atoms with van der Waals surface area (Å²) in [4.78, 5) is 13.9. The number of benzene rings is 2. The van der Waals surface area contributed by atoms with Crippen LogP contribution in [-0.4, -0.2) is 46.4 Å². The second-order valence-electron chi connectivity index (χ2n) is 10.00. The Morgan fingerprint density at radius 1 is 1.06 bits per heavy atom. The highest BCUT2D eigenvalue weighted by Gasteiger charge is 2.39. The van der Waals surface area contributed by atoms with Gasteiger partial charge in [0.05, 0.1) is 18.3 Å². The summed E-state index contributed by atoms with van der Waals surface area (Å²) in [5.41, 5.74) is 3.26. The van der Waals surface area contributed by atoms with E-state index in [-0.39, 0.29) is 18.8 Å². The molecule has 2 N–H and O–H groups in total. The van der Waals surface area contributed by atoms with Crippen LogP contribution in [0.3, 0.4) is 0 Å². The third kappa shape index (κ3) is 6.58. The number of hydrogen-bond donors (Lipinski definition) is 2. The van der Waals surface area contributed by atoms with Crippen molar-refractivity contribution in [2.75, 3.05) is 13.2 Å². The van der Waals surface area contributed by atoms with Gasteiger partial charge < -0.3 is 14.9 Å². The number of rotatable bonds is 8. The Labute approximate surface area is 218 Å². The van der Waals surface area contributed by atoms with Crippen LogP contribution in [0.4, 0.5) is 0 Å². The van der Waals surface area contributed by atoms with Crippen LogP contribution in [-0.2, 0) is 11.3 Å². The van der Waals surface area contributed by atoms with E-state index in [1.807, 2.05) is 25.1 Å². The van der Waals surface area contributed by atoms with Gasteiger partial charge in [0, 0.05) is 22.6 Å². The lowest BCUT2D eigenvalue weighted by Crippen LogP contribution is -2.53. The predicted molar refractivity (Wildman–Crippen MR) is 139 cm³/mol. The highest BCUT2D eigenvalue weighted by Crippen LogP contribution is 2.38. The predicted octanol–water partition coefficient (Wildman–Crippen LogP) is 6.66. The number of carboxylic acid groups (broad SMARTS) is 1. The van der Waals surface area contributed by atoms with Gasteiger partial charge in [0.15, 0.2) is 0 Å². The van der Waals surface area contributed by atoms with E-state index < -0.39 is 12.1 Å². The normalized spacial score (nSPS) is 22.7. The van der Waals surface area contributed by atoms with Crippen molar-refractivity contribution < 1.29 is 19.7 Å². The molecule has 0 unspecified atom stereocenters. The van der Waals surface area contributed by atoms with Crippen molar-refractivity contribution in [3.05, 3.63) is 68.7 Å². The number of likely N-dealkylation sites (tertiary alicyclic amines) is 1. The van der Waals surface area contributed by atoms with E-state index in [1.165, 1.54) is 32.1 Å². The van der Waals surface area contributed by atoms with Gasteiger partial charge in [-0.15, -0.1) is 0 Å². The van der Waals surface area contributed by atoms with Crippen LogP contribution in [0.25, 0.3) is 0 Å². The largest absolute Gasteiger partial charge is 0.478 e. The summed E-state index contributed by atoms with van der Waals surface area (Å²) in [5, 5.41) is 20.6. The first-order valence-electron chi connectivity index (χ1n) is 12.6. The molecule has 190 valence electrons. The Hall–Kier alpha value is -1.63. The zero-order valence-corrected chi connectivity index (χ0v) is 21.8. The molecule has 2 aliphatic rings. The van der Waals surface area contributed by atoms with Crippen molar-refractivity contribution in [1.82, 2.24) is 4.90 Å². The lowest BCUT2D eigenvalue weighted by Gasteiger charge is -2.47. The molecule has 0 radical (unpaired) electrons.